The van der Waals surface area contributed by atoms with Crippen LogP contribution in [0.2, 0.25) is 0 Å². The molecule has 8 nitrogen and oxygen atoms in total. The van der Waals surface area contributed by atoms with Gasteiger partial charge in [0.1, 0.15) is 17.2 Å². The zero-order chi connectivity index (χ0) is 18.0. The molecule has 24 heavy (non-hydrogen) atoms. The molecule has 0 saturated heterocycles. The number of hydrogen-bond acceptors (Lipinski definition) is 6. The van der Waals surface area contributed by atoms with E-state index in [0.29, 0.717) is 11.1 Å². The molecule has 0 aliphatic rings. The van der Waals surface area contributed by atoms with Crippen molar-refractivity contribution in [2.75, 3.05) is 0 Å². The number of benzene rings is 2. The lowest BCUT2D eigenvalue weighted by Gasteiger charge is -2.21. The van der Waals surface area contributed by atoms with Crippen molar-refractivity contribution in [2.24, 2.45) is 0 Å². The summed E-state index contributed by atoms with van der Waals surface area (Å²) in [6, 6.07) is 10.1. The Hall–Kier alpha value is -1.82. The van der Waals surface area contributed by atoms with E-state index < -0.39 is 15.6 Å². The van der Waals surface area contributed by atoms with Crippen molar-refractivity contribution in [3.8, 4) is 17.2 Å². The minimum absolute atomic E-state index is 0.0594. The predicted octanol–water partition coefficient (Wildman–Crippen LogP) is 3.68. The van der Waals surface area contributed by atoms with Gasteiger partial charge in [-0.1, -0.05) is 18.2 Å². The summed E-state index contributed by atoms with van der Waals surface area (Å²) < 4.78 is 38.5. The summed E-state index contributed by atoms with van der Waals surface area (Å²) in [4.78, 5) is 18.0. The number of aromatic hydroxyl groups is 1. The van der Waals surface area contributed by atoms with E-state index in [4.69, 9.17) is 18.8 Å². The lowest BCUT2D eigenvalue weighted by atomic mass is 10.1. The topological polar surface area (TPSA) is 123 Å². The first-order chi connectivity index (χ1) is 11.1. The summed E-state index contributed by atoms with van der Waals surface area (Å²) in [6.45, 7) is 3.34. The van der Waals surface area contributed by atoms with Crippen LogP contribution in [-0.2, 0) is 13.4 Å². The second-order valence-electron chi connectivity index (χ2n) is 4.92. The Balaban J connectivity index is 2.38. The van der Waals surface area contributed by atoms with Crippen molar-refractivity contribution >= 4 is 15.6 Å². The maximum absolute atomic E-state index is 12.7. The van der Waals surface area contributed by atoms with E-state index in [2.05, 4.69) is 4.31 Å². The van der Waals surface area contributed by atoms with Crippen LogP contribution in [0.25, 0.3) is 0 Å². The molecule has 0 heterocycles. The van der Waals surface area contributed by atoms with Gasteiger partial charge in [0.05, 0.1) is 0 Å². The van der Waals surface area contributed by atoms with Crippen LogP contribution >= 0.6 is 15.6 Å². The van der Waals surface area contributed by atoms with Crippen molar-refractivity contribution in [2.45, 2.75) is 13.8 Å². The lowest BCUT2D eigenvalue weighted by Crippen LogP contribution is -2.05. The molecule has 0 saturated carbocycles. The fourth-order valence-electron chi connectivity index (χ4n) is 1.87. The predicted molar refractivity (Wildman–Crippen MR) is 86.0 cm³/mol. The van der Waals surface area contributed by atoms with Crippen molar-refractivity contribution < 1.29 is 37.4 Å². The maximum atomic E-state index is 12.7. The highest BCUT2D eigenvalue weighted by molar-refractivity contribution is 7.61. The number of rotatable bonds is 6. The number of hydrogen-bond donors (Lipinski definition) is 3. The van der Waals surface area contributed by atoms with Crippen LogP contribution in [0.5, 0.6) is 17.2 Å². The zero-order valence-electron chi connectivity index (χ0n) is 12.8. The molecule has 2 rings (SSSR count). The first kappa shape index (κ1) is 18.5. The van der Waals surface area contributed by atoms with Gasteiger partial charge in [0, 0.05) is 0 Å². The molecule has 2 aromatic carbocycles. The van der Waals surface area contributed by atoms with Gasteiger partial charge in [0.2, 0.25) is 0 Å². The monoisotopic (exact) mass is 374 g/mol. The molecule has 10 heteroatoms. The molecule has 1 unspecified atom stereocenters. The lowest BCUT2D eigenvalue weighted by molar-refractivity contribution is 0.233. The molecule has 0 radical (unpaired) electrons. The Bertz CT molecular complexity index is 792. The number of aryl methyl sites for hydroxylation is 2. The highest BCUT2D eigenvalue weighted by Crippen LogP contribution is 2.61. The van der Waals surface area contributed by atoms with Crippen LogP contribution in [0.3, 0.4) is 0 Å². The van der Waals surface area contributed by atoms with Gasteiger partial charge >= 0.3 is 15.6 Å². The Morgan fingerprint density at radius 2 is 1.42 bits per heavy atom. The molecule has 0 spiro atoms. The minimum atomic E-state index is -5.16. The fourth-order valence-corrected chi connectivity index (χ4v) is 4.11. The van der Waals surface area contributed by atoms with Gasteiger partial charge in [-0.15, -0.1) is 0 Å². The van der Waals surface area contributed by atoms with Crippen molar-refractivity contribution in [3.63, 3.8) is 0 Å². The minimum Gasteiger partial charge on any atom is -0.508 e. The summed E-state index contributed by atoms with van der Waals surface area (Å²) in [5.74, 6) is 0.00707. The first-order valence-corrected chi connectivity index (χ1v) is 9.68. The van der Waals surface area contributed by atoms with Gasteiger partial charge in [-0.05, 0) is 49.2 Å². The summed E-state index contributed by atoms with van der Waals surface area (Å²) in [5.41, 5.74) is 1.16. The van der Waals surface area contributed by atoms with Crippen LogP contribution in [0, 0.1) is 13.8 Å². The Kier molecular flexibility index (Phi) is 5.38. The van der Waals surface area contributed by atoms with E-state index in [-0.39, 0.29) is 17.2 Å². The largest absolute Gasteiger partial charge is 0.596 e. The molecular weight excluding hydrogens is 358 g/mol. The molecule has 2 aromatic rings. The molecule has 3 N–H and O–H groups in total. The Labute approximate surface area is 138 Å². The third-order valence-corrected chi connectivity index (χ3v) is 5.36. The van der Waals surface area contributed by atoms with Crippen LogP contribution in [0.1, 0.15) is 11.1 Å². The highest BCUT2D eigenvalue weighted by Gasteiger charge is 2.40. The van der Waals surface area contributed by atoms with E-state index in [1.807, 2.05) is 0 Å². The van der Waals surface area contributed by atoms with E-state index in [9.17, 15) is 14.2 Å². The average Bonchev–Trinajstić information content (AvgIpc) is 2.44. The normalized spacial score (nSPS) is 14.0. The van der Waals surface area contributed by atoms with E-state index in [0.717, 1.165) is 0 Å². The summed E-state index contributed by atoms with van der Waals surface area (Å²) in [5, 5.41) is 9.24. The molecule has 130 valence electrons. The second kappa shape index (κ2) is 6.97. The smallest absolute Gasteiger partial charge is 0.508 e. The van der Waals surface area contributed by atoms with Gasteiger partial charge in [0.25, 0.3) is 0 Å². The van der Waals surface area contributed by atoms with Gasteiger partial charge in [-0.3, -0.25) is 0 Å². The Morgan fingerprint density at radius 3 is 1.92 bits per heavy atom. The van der Waals surface area contributed by atoms with Crippen LogP contribution in [0.4, 0.5) is 0 Å². The number of phosphoric ester groups is 1. The quantitative estimate of drug-likeness (QED) is 0.655. The third-order valence-electron chi connectivity index (χ3n) is 2.87. The van der Waals surface area contributed by atoms with E-state index in [1.54, 1.807) is 32.0 Å². The SMILES string of the molecule is Cc1cccc(C)c1OP(=O)(Oc1ccc(O)cc1)OP(=O)(O)O. The molecular formula is C14H16O8P2. The van der Waals surface area contributed by atoms with Gasteiger partial charge in [0.15, 0.2) is 0 Å². The fraction of sp³-hybridized carbons (Fsp3) is 0.143. The van der Waals surface area contributed by atoms with Crippen LogP contribution < -0.4 is 9.05 Å². The van der Waals surface area contributed by atoms with E-state index >= 15 is 0 Å². The molecule has 0 amide bonds. The molecule has 0 aliphatic heterocycles. The standard InChI is InChI=1S/C14H16O8P2/c1-10-4-3-5-11(2)14(10)21-24(19,22-23(16,17)18)20-13-8-6-12(15)7-9-13/h3-9,15H,1-2H3,(H2,16,17,18). The van der Waals surface area contributed by atoms with E-state index in [1.165, 1.54) is 24.3 Å². The summed E-state index contributed by atoms with van der Waals surface area (Å²) in [7, 11) is -9.86. The first-order valence-electron chi connectivity index (χ1n) is 6.69. The third kappa shape index (κ3) is 5.09. The maximum Gasteiger partial charge on any atom is 0.596 e. The summed E-state index contributed by atoms with van der Waals surface area (Å²) >= 11 is 0. The van der Waals surface area contributed by atoms with Crippen molar-refractivity contribution in [1.82, 2.24) is 0 Å². The van der Waals surface area contributed by atoms with Crippen molar-refractivity contribution in [3.05, 3.63) is 53.6 Å². The molecule has 0 aromatic heterocycles. The average molecular weight is 374 g/mol. The zero-order valence-corrected chi connectivity index (χ0v) is 14.6. The number of phenols is 1. The summed E-state index contributed by atoms with van der Waals surface area (Å²) in [6.07, 6.45) is 0. The van der Waals surface area contributed by atoms with Crippen molar-refractivity contribution in [1.29, 1.82) is 0 Å². The molecule has 0 fully saturated rings. The molecule has 1 atom stereocenters. The van der Waals surface area contributed by atoms with Gasteiger partial charge in [-0.25, -0.2) is 9.13 Å². The van der Waals surface area contributed by atoms with Crippen LogP contribution in [-0.4, -0.2) is 14.9 Å². The molecule has 0 aliphatic carbocycles. The highest BCUT2D eigenvalue weighted by atomic mass is 31.3. The van der Waals surface area contributed by atoms with Gasteiger partial charge < -0.3 is 23.9 Å². The number of phenolic OH excluding ortho intramolecular Hbond substituents is 1. The van der Waals surface area contributed by atoms with Gasteiger partial charge in [-0.2, -0.15) is 4.31 Å². The van der Waals surface area contributed by atoms with Crippen LogP contribution in [0.15, 0.2) is 42.5 Å². The Morgan fingerprint density at radius 1 is 0.875 bits per heavy atom. The number of para-hydroxylation sites is 1. The molecule has 0 bridgehead atoms. The second-order valence-corrected chi connectivity index (χ2v) is 7.81. The number of phosphoric acid groups is 2.